The molecule has 1 aromatic rings. The minimum Gasteiger partial charge on any atom is -0.368 e. The summed E-state index contributed by atoms with van der Waals surface area (Å²) in [5.74, 6) is 0.401. The fourth-order valence-corrected chi connectivity index (χ4v) is 1.73. The predicted octanol–water partition coefficient (Wildman–Crippen LogP) is 2.27. The van der Waals surface area contributed by atoms with E-state index in [4.69, 9.17) is 16.3 Å². The zero-order valence-corrected chi connectivity index (χ0v) is 8.80. The number of nitrogens with zero attached hydrogens (tertiary/aromatic N) is 2. The summed E-state index contributed by atoms with van der Waals surface area (Å²) in [6.45, 7) is 5.01. The molecule has 0 bridgehead atoms. The number of aromatic nitrogens is 2. The molecule has 1 fully saturated rings. The first-order valence-electron chi connectivity index (χ1n) is 4.45. The third kappa shape index (κ3) is 1.46. The molecule has 1 atom stereocenters. The summed E-state index contributed by atoms with van der Waals surface area (Å²) in [5, 5.41) is 5.09. The average molecular weight is 201 g/mol. The molecule has 1 unspecified atom stereocenters. The van der Waals surface area contributed by atoms with E-state index in [0.717, 1.165) is 17.9 Å². The topological polar surface area (TPSA) is 30.4 Å². The van der Waals surface area contributed by atoms with E-state index in [1.807, 2.05) is 7.05 Å². The van der Waals surface area contributed by atoms with Crippen LogP contribution in [0.5, 0.6) is 0 Å². The summed E-state index contributed by atoms with van der Waals surface area (Å²) in [7, 11) is 1.86. The molecule has 0 radical (unpaired) electrons. The molecule has 0 aromatic carbocycles. The maximum absolute atomic E-state index is 6.11. The third-order valence-electron chi connectivity index (χ3n) is 2.24. The Balaban J connectivity index is 2.48. The van der Waals surface area contributed by atoms with E-state index in [0.29, 0.717) is 11.1 Å². The molecule has 72 valence electrons. The molecule has 2 rings (SSSR count). The molecule has 1 aromatic heterocycles. The van der Waals surface area contributed by atoms with E-state index in [-0.39, 0.29) is 6.10 Å². The van der Waals surface area contributed by atoms with Crippen molar-refractivity contribution < 1.29 is 4.74 Å². The van der Waals surface area contributed by atoms with Gasteiger partial charge in [0.05, 0.1) is 12.3 Å². The monoisotopic (exact) mass is 200 g/mol. The van der Waals surface area contributed by atoms with E-state index in [2.05, 4.69) is 18.9 Å². The maximum atomic E-state index is 6.11. The molecule has 0 saturated carbocycles. The van der Waals surface area contributed by atoms with Gasteiger partial charge in [0.2, 0.25) is 0 Å². The van der Waals surface area contributed by atoms with Crippen LogP contribution in [0.15, 0.2) is 0 Å². The van der Waals surface area contributed by atoms with Gasteiger partial charge in [-0.15, -0.1) is 0 Å². The zero-order valence-electron chi connectivity index (χ0n) is 8.04. The minimum absolute atomic E-state index is 0.193. The Morgan fingerprint density at radius 2 is 2.23 bits per heavy atom. The second-order valence-corrected chi connectivity index (χ2v) is 4.05. The lowest BCUT2D eigenvalue weighted by molar-refractivity contribution is 0.414. The second-order valence-electron chi connectivity index (χ2n) is 3.69. The van der Waals surface area contributed by atoms with Crippen molar-refractivity contribution in [1.82, 2.24) is 9.78 Å². The molecule has 1 aliphatic rings. The highest BCUT2D eigenvalue weighted by molar-refractivity contribution is 6.30. The number of hydrogen-bond acceptors (Lipinski definition) is 2. The van der Waals surface area contributed by atoms with Crippen molar-refractivity contribution >= 4 is 11.6 Å². The highest BCUT2D eigenvalue weighted by Gasteiger charge is 2.33. The predicted molar refractivity (Wildman–Crippen MR) is 51.0 cm³/mol. The van der Waals surface area contributed by atoms with Crippen LogP contribution in [0.2, 0.25) is 5.15 Å². The quantitative estimate of drug-likeness (QED) is 0.686. The molecule has 0 N–H and O–H groups in total. The van der Waals surface area contributed by atoms with Gasteiger partial charge in [0.15, 0.2) is 0 Å². The SMILES string of the molecule is CC(C)c1nn(C)c(Cl)c1C1CO1. The molecule has 2 heterocycles. The van der Waals surface area contributed by atoms with E-state index in [1.54, 1.807) is 4.68 Å². The lowest BCUT2D eigenvalue weighted by atomic mass is 10.0. The van der Waals surface area contributed by atoms with Crippen molar-refractivity contribution in [2.24, 2.45) is 7.05 Å². The van der Waals surface area contributed by atoms with Gasteiger partial charge in [0.1, 0.15) is 11.3 Å². The van der Waals surface area contributed by atoms with Gasteiger partial charge >= 0.3 is 0 Å². The van der Waals surface area contributed by atoms with Crippen LogP contribution in [-0.4, -0.2) is 16.4 Å². The van der Waals surface area contributed by atoms with Crippen LogP contribution in [0.4, 0.5) is 0 Å². The summed E-state index contributed by atoms with van der Waals surface area (Å²) in [4.78, 5) is 0. The molecule has 1 saturated heterocycles. The Hall–Kier alpha value is -0.540. The fraction of sp³-hybridized carbons (Fsp3) is 0.667. The zero-order chi connectivity index (χ0) is 9.59. The first-order chi connectivity index (χ1) is 6.11. The van der Waals surface area contributed by atoms with Crippen molar-refractivity contribution in [2.45, 2.75) is 25.9 Å². The van der Waals surface area contributed by atoms with Crippen LogP contribution in [0.3, 0.4) is 0 Å². The van der Waals surface area contributed by atoms with Gasteiger partial charge in [0.25, 0.3) is 0 Å². The molecule has 0 amide bonds. The normalized spacial score (nSPS) is 21.2. The van der Waals surface area contributed by atoms with E-state index in [1.165, 1.54) is 0 Å². The summed E-state index contributed by atoms with van der Waals surface area (Å²) in [6.07, 6.45) is 0.193. The van der Waals surface area contributed by atoms with Crippen LogP contribution in [-0.2, 0) is 11.8 Å². The average Bonchev–Trinajstić information content (AvgIpc) is 2.82. The Bertz CT molecular complexity index is 329. The molecular weight excluding hydrogens is 188 g/mol. The number of hydrogen-bond donors (Lipinski definition) is 0. The summed E-state index contributed by atoms with van der Waals surface area (Å²) < 4.78 is 6.96. The van der Waals surface area contributed by atoms with Crippen LogP contribution in [0.1, 0.15) is 37.1 Å². The molecule has 0 spiro atoms. The lowest BCUT2D eigenvalue weighted by Gasteiger charge is -2.01. The molecule has 3 nitrogen and oxygen atoms in total. The molecular formula is C9H13ClN2O. The number of epoxide rings is 1. The van der Waals surface area contributed by atoms with Gasteiger partial charge in [-0.1, -0.05) is 25.4 Å². The number of ether oxygens (including phenoxy) is 1. The molecule has 1 aliphatic heterocycles. The number of halogens is 1. The smallest absolute Gasteiger partial charge is 0.132 e. The van der Waals surface area contributed by atoms with Crippen molar-refractivity contribution in [3.63, 3.8) is 0 Å². The first-order valence-corrected chi connectivity index (χ1v) is 4.83. The first kappa shape index (κ1) is 9.03. The van der Waals surface area contributed by atoms with E-state index < -0.39 is 0 Å². The Morgan fingerprint density at radius 3 is 2.69 bits per heavy atom. The van der Waals surface area contributed by atoms with Crippen molar-refractivity contribution in [1.29, 1.82) is 0 Å². The van der Waals surface area contributed by atoms with E-state index >= 15 is 0 Å². The van der Waals surface area contributed by atoms with Crippen molar-refractivity contribution in [2.75, 3.05) is 6.61 Å². The lowest BCUT2D eigenvalue weighted by Crippen LogP contribution is -1.94. The molecule has 4 heteroatoms. The summed E-state index contributed by atoms with van der Waals surface area (Å²) >= 11 is 6.11. The minimum atomic E-state index is 0.193. The highest BCUT2D eigenvalue weighted by atomic mass is 35.5. The van der Waals surface area contributed by atoms with Gasteiger partial charge in [0, 0.05) is 12.6 Å². The van der Waals surface area contributed by atoms with Crippen molar-refractivity contribution in [3.8, 4) is 0 Å². The Kier molecular flexibility index (Phi) is 2.08. The van der Waals surface area contributed by atoms with Crippen molar-refractivity contribution in [3.05, 3.63) is 16.4 Å². The van der Waals surface area contributed by atoms with Gasteiger partial charge in [-0.25, -0.2) is 0 Å². The summed E-state index contributed by atoms with van der Waals surface area (Å²) in [6, 6.07) is 0. The molecule has 13 heavy (non-hydrogen) atoms. The van der Waals surface area contributed by atoms with Gasteiger partial charge in [-0.2, -0.15) is 5.10 Å². The Labute approximate surface area is 82.6 Å². The van der Waals surface area contributed by atoms with E-state index in [9.17, 15) is 0 Å². The third-order valence-corrected chi connectivity index (χ3v) is 2.69. The van der Waals surface area contributed by atoms with Crippen LogP contribution in [0.25, 0.3) is 0 Å². The highest BCUT2D eigenvalue weighted by Crippen LogP contribution is 2.39. The maximum Gasteiger partial charge on any atom is 0.132 e. The standard InChI is InChI=1S/C9H13ClN2O/c1-5(2)8-7(6-4-13-6)9(10)12(3)11-8/h5-6H,4H2,1-3H3. The van der Waals surface area contributed by atoms with Gasteiger partial charge < -0.3 is 4.74 Å². The summed E-state index contributed by atoms with van der Waals surface area (Å²) in [5.41, 5.74) is 2.15. The Morgan fingerprint density at radius 1 is 1.62 bits per heavy atom. The van der Waals surface area contributed by atoms with Gasteiger partial charge in [-0.05, 0) is 5.92 Å². The van der Waals surface area contributed by atoms with Crippen LogP contribution < -0.4 is 0 Å². The van der Waals surface area contributed by atoms with Gasteiger partial charge in [-0.3, -0.25) is 4.68 Å². The number of aryl methyl sites for hydroxylation is 1. The number of rotatable bonds is 2. The van der Waals surface area contributed by atoms with Crippen LogP contribution >= 0.6 is 11.6 Å². The largest absolute Gasteiger partial charge is 0.368 e. The molecule has 0 aliphatic carbocycles. The van der Waals surface area contributed by atoms with Crippen LogP contribution in [0, 0.1) is 0 Å². The fourth-order valence-electron chi connectivity index (χ4n) is 1.48. The second kappa shape index (κ2) is 3.00.